The number of methoxy groups -OCH3 is 1. The first-order chi connectivity index (χ1) is 9.84. The van der Waals surface area contributed by atoms with Crippen LogP contribution in [-0.4, -0.2) is 38.9 Å². The summed E-state index contributed by atoms with van der Waals surface area (Å²) in [6.07, 6.45) is 0.771. The van der Waals surface area contributed by atoms with Gasteiger partial charge in [0.2, 0.25) is 10.0 Å². The van der Waals surface area contributed by atoms with Crippen molar-refractivity contribution in [1.82, 2.24) is 4.31 Å². The molecule has 21 heavy (non-hydrogen) atoms. The van der Waals surface area contributed by atoms with Crippen molar-refractivity contribution in [2.75, 3.05) is 25.9 Å². The number of sulfonamides is 1. The number of hydrogen-bond donors (Lipinski definition) is 1. The van der Waals surface area contributed by atoms with Crippen LogP contribution in [0, 0.1) is 11.7 Å². The molecule has 6 nitrogen and oxygen atoms in total. The number of carbonyl (C=O) groups is 1. The van der Waals surface area contributed by atoms with Gasteiger partial charge < -0.3 is 10.5 Å². The minimum absolute atomic E-state index is 0.0537. The highest BCUT2D eigenvalue weighted by atomic mass is 32.2. The van der Waals surface area contributed by atoms with Crippen LogP contribution in [-0.2, 0) is 19.6 Å². The van der Waals surface area contributed by atoms with E-state index in [0.717, 1.165) is 12.1 Å². The first-order valence-electron chi connectivity index (χ1n) is 6.48. The van der Waals surface area contributed by atoms with Gasteiger partial charge in [-0.05, 0) is 31.0 Å². The monoisotopic (exact) mass is 316 g/mol. The molecule has 1 aliphatic rings. The van der Waals surface area contributed by atoms with E-state index in [2.05, 4.69) is 4.74 Å². The Balaban J connectivity index is 2.16. The van der Waals surface area contributed by atoms with Crippen molar-refractivity contribution >= 4 is 21.7 Å². The van der Waals surface area contributed by atoms with E-state index in [1.807, 2.05) is 0 Å². The quantitative estimate of drug-likeness (QED) is 0.663. The number of ether oxygens (including phenoxy) is 1. The van der Waals surface area contributed by atoms with Crippen molar-refractivity contribution in [2.45, 2.75) is 17.7 Å². The van der Waals surface area contributed by atoms with Crippen LogP contribution in [0.15, 0.2) is 23.1 Å². The highest BCUT2D eigenvalue weighted by molar-refractivity contribution is 7.89. The first-order valence-corrected chi connectivity index (χ1v) is 7.92. The molecule has 1 saturated heterocycles. The predicted octanol–water partition coefficient (Wildman–Crippen LogP) is 0.982. The van der Waals surface area contributed by atoms with Gasteiger partial charge in [0.1, 0.15) is 5.82 Å². The molecule has 116 valence electrons. The number of rotatable bonds is 3. The minimum Gasteiger partial charge on any atom is -0.469 e. The molecule has 0 bridgehead atoms. The molecule has 0 amide bonds. The number of carbonyl (C=O) groups excluding carboxylic acids is 1. The molecule has 1 aliphatic heterocycles. The van der Waals surface area contributed by atoms with Gasteiger partial charge in [-0.15, -0.1) is 0 Å². The molecular formula is C13H17FN2O4S. The number of nitrogens with two attached hydrogens (primary N) is 1. The second-order valence-corrected chi connectivity index (χ2v) is 6.86. The molecule has 0 aliphatic carbocycles. The highest BCUT2D eigenvalue weighted by Gasteiger charge is 2.32. The number of halogens is 1. The Morgan fingerprint density at radius 3 is 2.48 bits per heavy atom. The van der Waals surface area contributed by atoms with E-state index in [4.69, 9.17) is 5.73 Å². The summed E-state index contributed by atoms with van der Waals surface area (Å²) in [5.74, 6) is -1.32. The van der Waals surface area contributed by atoms with Crippen LogP contribution in [0.2, 0.25) is 0 Å². The third-order valence-corrected chi connectivity index (χ3v) is 5.40. The van der Waals surface area contributed by atoms with Gasteiger partial charge in [-0.2, -0.15) is 4.31 Å². The van der Waals surface area contributed by atoms with E-state index >= 15 is 0 Å². The summed E-state index contributed by atoms with van der Waals surface area (Å²) >= 11 is 0. The number of piperidine rings is 1. The van der Waals surface area contributed by atoms with E-state index in [9.17, 15) is 17.6 Å². The van der Waals surface area contributed by atoms with Crippen LogP contribution in [0.3, 0.4) is 0 Å². The average Bonchev–Trinajstić information content (AvgIpc) is 2.45. The molecule has 1 heterocycles. The van der Waals surface area contributed by atoms with Gasteiger partial charge in [0.05, 0.1) is 17.9 Å². The van der Waals surface area contributed by atoms with Crippen LogP contribution in [0.25, 0.3) is 0 Å². The second kappa shape index (κ2) is 5.98. The zero-order chi connectivity index (χ0) is 15.6. The van der Waals surface area contributed by atoms with Crippen LogP contribution in [0.4, 0.5) is 10.1 Å². The molecule has 2 rings (SSSR count). The van der Waals surface area contributed by atoms with E-state index < -0.39 is 15.8 Å². The molecule has 8 heteroatoms. The standard InChI is InChI=1S/C13H17FN2O4S/c1-20-13(17)9-2-4-16(5-3-9)21(18,19)12-7-10(14)6-11(15)8-12/h6-9H,2-5,15H2,1H3. The van der Waals surface area contributed by atoms with Crippen molar-refractivity contribution in [3.8, 4) is 0 Å². The maximum Gasteiger partial charge on any atom is 0.308 e. The Labute approximate surface area is 122 Å². The van der Waals surface area contributed by atoms with Gasteiger partial charge in [-0.25, -0.2) is 12.8 Å². The third-order valence-electron chi connectivity index (χ3n) is 3.52. The Morgan fingerprint density at radius 1 is 1.33 bits per heavy atom. The van der Waals surface area contributed by atoms with Gasteiger partial charge in [0.15, 0.2) is 0 Å². The molecule has 0 spiro atoms. The van der Waals surface area contributed by atoms with Crippen molar-refractivity contribution in [3.63, 3.8) is 0 Å². The summed E-state index contributed by atoms with van der Waals surface area (Å²) in [5.41, 5.74) is 5.54. The molecule has 0 radical (unpaired) electrons. The summed E-state index contributed by atoms with van der Waals surface area (Å²) in [6.45, 7) is 0.386. The summed E-state index contributed by atoms with van der Waals surface area (Å²) < 4.78 is 44.1. The summed E-state index contributed by atoms with van der Waals surface area (Å²) in [7, 11) is -2.50. The molecule has 2 N–H and O–H groups in total. The lowest BCUT2D eigenvalue weighted by atomic mass is 9.99. The lowest BCUT2D eigenvalue weighted by Gasteiger charge is -2.29. The molecular weight excluding hydrogens is 299 g/mol. The second-order valence-electron chi connectivity index (χ2n) is 4.92. The van der Waals surface area contributed by atoms with Crippen molar-refractivity contribution < 1.29 is 22.3 Å². The molecule has 1 aromatic rings. The van der Waals surface area contributed by atoms with Gasteiger partial charge in [0, 0.05) is 18.8 Å². The predicted molar refractivity (Wildman–Crippen MR) is 74.3 cm³/mol. The van der Waals surface area contributed by atoms with Gasteiger partial charge >= 0.3 is 5.97 Å². The fourth-order valence-corrected chi connectivity index (χ4v) is 3.92. The Morgan fingerprint density at radius 2 is 1.95 bits per heavy atom. The lowest BCUT2D eigenvalue weighted by Crippen LogP contribution is -2.40. The molecule has 0 saturated carbocycles. The van der Waals surface area contributed by atoms with Crippen molar-refractivity contribution in [3.05, 3.63) is 24.0 Å². The van der Waals surface area contributed by atoms with E-state index in [0.29, 0.717) is 12.8 Å². The zero-order valence-corrected chi connectivity index (χ0v) is 12.4. The fraction of sp³-hybridized carbons (Fsp3) is 0.462. The number of hydrogen-bond acceptors (Lipinski definition) is 5. The molecule has 0 aromatic heterocycles. The largest absolute Gasteiger partial charge is 0.469 e. The number of nitrogens with zero attached hydrogens (tertiary/aromatic N) is 1. The summed E-state index contributed by atoms with van der Waals surface area (Å²) in [6, 6.07) is 3.23. The SMILES string of the molecule is COC(=O)C1CCN(S(=O)(=O)c2cc(N)cc(F)c2)CC1. The van der Waals surface area contributed by atoms with Crippen molar-refractivity contribution in [1.29, 1.82) is 0 Å². The molecule has 0 unspecified atom stereocenters. The topological polar surface area (TPSA) is 89.7 Å². The Hall–Kier alpha value is -1.67. The minimum atomic E-state index is -3.80. The van der Waals surface area contributed by atoms with Crippen LogP contribution >= 0.6 is 0 Å². The Bertz CT molecular complexity index is 619. The van der Waals surface area contributed by atoms with E-state index in [1.54, 1.807) is 0 Å². The Kier molecular flexibility index (Phi) is 4.48. The van der Waals surface area contributed by atoms with Crippen LogP contribution < -0.4 is 5.73 Å². The average molecular weight is 316 g/mol. The number of benzene rings is 1. The lowest BCUT2D eigenvalue weighted by molar-refractivity contribution is -0.146. The van der Waals surface area contributed by atoms with E-state index in [1.165, 1.54) is 17.5 Å². The molecule has 1 aromatic carbocycles. The summed E-state index contributed by atoms with van der Waals surface area (Å²) in [5, 5.41) is 0. The van der Waals surface area contributed by atoms with Gasteiger partial charge in [-0.3, -0.25) is 4.79 Å². The smallest absolute Gasteiger partial charge is 0.308 e. The molecule has 0 atom stereocenters. The normalized spacial score (nSPS) is 17.6. The van der Waals surface area contributed by atoms with Gasteiger partial charge in [0.25, 0.3) is 0 Å². The number of anilines is 1. The first kappa shape index (κ1) is 15.7. The maximum absolute atomic E-state index is 13.3. The molecule has 1 fully saturated rings. The summed E-state index contributed by atoms with van der Waals surface area (Å²) in [4.78, 5) is 11.3. The van der Waals surface area contributed by atoms with Crippen molar-refractivity contribution in [2.24, 2.45) is 5.92 Å². The zero-order valence-electron chi connectivity index (χ0n) is 11.6. The fourth-order valence-electron chi connectivity index (χ4n) is 2.38. The van der Waals surface area contributed by atoms with Crippen LogP contribution in [0.5, 0.6) is 0 Å². The van der Waals surface area contributed by atoms with Gasteiger partial charge in [-0.1, -0.05) is 0 Å². The number of nitrogen functional groups attached to an aromatic ring is 1. The highest BCUT2D eigenvalue weighted by Crippen LogP contribution is 2.26. The maximum atomic E-state index is 13.3. The van der Waals surface area contributed by atoms with Crippen LogP contribution in [0.1, 0.15) is 12.8 Å². The number of esters is 1. The van der Waals surface area contributed by atoms with E-state index in [-0.39, 0.29) is 35.6 Å². The third kappa shape index (κ3) is 3.33.